The van der Waals surface area contributed by atoms with Gasteiger partial charge in [-0.3, -0.25) is 19.8 Å². The number of carbonyl (C=O) groups is 3. The highest BCUT2D eigenvalue weighted by Gasteiger charge is 2.23. The summed E-state index contributed by atoms with van der Waals surface area (Å²) in [4.78, 5) is 38.1. The van der Waals surface area contributed by atoms with Crippen molar-refractivity contribution in [3.05, 3.63) is 62.7 Å². The first kappa shape index (κ1) is 23.5. The first-order chi connectivity index (χ1) is 15.8. The van der Waals surface area contributed by atoms with Crippen LogP contribution in [-0.2, 0) is 14.3 Å². The summed E-state index contributed by atoms with van der Waals surface area (Å²) in [5.41, 5.74) is 4.94. The molecule has 0 aliphatic carbocycles. The molecule has 0 saturated carbocycles. The summed E-state index contributed by atoms with van der Waals surface area (Å²) in [5.74, 6) is -2.11. The molecule has 1 aromatic heterocycles. The van der Waals surface area contributed by atoms with Gasteiger partial charge in [0.1, 0.15) is 5.69 Å². The molecule has 3 aromatic rings. The Morgan fingerprint density at radius 1 is 1.09 bits per heavy atom. The highest BCUT2D eigenvalue weighted by Crippen LogP contribution is 2.26. The summed E-state index contributed by atoms with van der Waals surface area (Å²) in [6.45, 7) is 2.87. The number of aryl methyl sites for hydroxylation is 1. The van der Waals surface area contributed by atoms with Crippen LogP contribution >= 0.6 is 31.9 Å². The van der Waals surface area contributed by atoms with E-state index >= 15 is 0 Å². The van der Waals surface area contributed by atoms with Crippen LogP contribution in [0.15, 0.2) is 51.4 Å². The molecule has 1 aliphatic rings. The highest BCUT2D eigenvalue weighted by atomic mass is 79.9. The van der Waals surface area contributed by atoms with Gasteiger partial charge in [0.05, 0.1) is 17.3 Å². The number of nitrogens with zero attached hydrogens (tertiary/aromatic N) is 1. The molecule has 4 rings (SSSR count). The number of carbonyl (C=O) groups excluding carboxylic acids is 3. The second-order valence-electron chi connectivity index (χ2n) is 7.79. The monoisotopic (exact) mass is 576 g/mol. The molecule has 2 heterocycles. The first-order valence-electron chi connectivity index (χ1n) is 10.4. The minimum atomic E-state index is -0.876. The fraction of sp³-hybridized carbons (Fsp3) is 0.261. The number of rotatable bonds is 5. The average Bonchev–Trinajstić information content (AvgIpc) is 3.42. The van der Waals surface area contributed by atoms with Crippen LogP contribution in [0.3, 0.4) is 0 Å². The van der Waals surface area contributed by atoms with Crippen molar-refractivity contribution in [3.63, 3.8) is 0 Å². The lowest BCUT2D eigenvalue weighted by molar-refractivity contribution is -0.136. The lowest BCUT2D eigenvalue weighted by Gasteiger charge is -2.14. The van der Waals surface area contributed by atoms with Crippen molar-refractivity contribution in [2.45, 2.75) is 25.9 Å². The number of hydrogen-bond acceptors (Lipinski definition) is 4. The number of ether oxygens (including phenoxy) is 1. The Bertz CT molecular complexity index is 1230. The van der Waals surface area contributed by atoms with Crippen LogP contribution in [-0.4, -0.2) is 41.7 Å². The summed E-state index contributed by atoms with van der Waals surface area (Å²) in [6, 6.07) is 12.6. The minimum absolute atomic E-state index is 0.0826. The molecule has 1 saturated heterocycles. The molecule has 10 heteroatoms. The molecule has 1 aliphatic heterocycles. The molecule has 0 spiro atoms. The van der Waals surface area contributed by atoms with E-state index < -0.39 is 17.7 Å². The third-order valence-corrected chi connectivity index (χ3v) is 6.45. The number of amides is 3. The third kappa shape index (κ3) is 5.45. The molecule has 3 amide bonds. The van der Waals surface area contributed by atoms with Crippen LogP contribution in [0.5, 0.6) is 0 Å². The van der Waals surface area contributed by atoms with Crippen molar-refractivity contribution in [2.75, 3.05) is 23.9 Å². The summed E-state index contributed by atoms with van der Waals surface area (Å²) in [5, 5.41) is 6.16. The standard InChI is InChI=1S/C23H22Br2N4O4/c1-13-4-6-18(17(25)9-13)27-21(30)20-11-14-10-15(24)5-7-19(14)29(20)28-23(32)22(31)26-12-16-3-2-8-33-16/h4-7,9-11,16H,2-3,8,12H2,1H3,(H,26,31)(H,27,30)(H,28,32)/t16-/m0/s1. The maximum absolute atomic E-state index is 13.1. The number of fused-ring (bicyclic) bond motifs is 1. The Balaban J connectivity index is 1.58. The van der Waals surface area contributed by atoms with Gasteiger partial charge in [-0.1, -0.05) is 22.0 Å². The van der Waals surface area contributed by atoms with Crippen molar-refractivity contribution in [1.82, 2.24) is 9.99 Å². The van der Waals surface area contributed by atoms with E-state index in [1.807, 2.05) is 25.1 Å². The molecule has 2 aromatic carbocycles. The summed E-state index contributed by atoms with van der Waals surface area (Å²) < 4.78 is 8.35. The van der Waals surface area contributed by atoms with E-state index in [9.17, 15) is 14.4 Å². The molecule has 3 N–H and O–H groups in total. The quantitative estimate of drug-likeness (QED) is 0.398. The molecule has 0 radical (unpaired) electrons. The number of benzene rings is 2. The van der Waals surface area contributed by atoms with Crippen LogP contribution in [0, 0.1) is 6.92 Å². The third-order valence-electron chi connectivity index (χ3n) is 5.30. The van der Waals surface area contributed by atoms with Gasteiger partial charge in [0.25, 0.3) is 5.91 Å². The van der Waals surface area contributed by atoms with Gasteiger partial charge in [0.15, 0.2) is 0 Å². The number of nitrogens with one attached hydrogen (secondary N) is 3. The summed E-state index contributed by atoms with van der Waals surface area (Å²) in [7, 11) is 0. The zero-order valence-corrected chi connectivity index (χ0v) is 21.0. The van der Waals surface area contributed by atoms with E-state index in [1.54, 1.807) is 24.3 Å². The second-order valence-corrected chi connectivity index (χ2v) is 9.56. The predicted octanol–water partition coefficient (Wildman–Crippen LogP) is 4.09. The molecule has 0 bridgehead atoms. The van der Waals surface area contributed by atoms with E-state index in [0.717, 1.165) is 32.7 Å². The number of hydrogen-bond donors (Lipinski definition) is 3. The Morgan fingerprint density at radius 3 is 2.64 bits per heavy atom. The van der Waals surface area contributed by atoms with Gasteiger partial charge in [0, 0.05) is 27.5 Å². The highest BCUT2D eigenvalue weighted by molar-refractivity contribution is 9.10. The topological polar surface area (TPSA) is 101 Å². The van der Waals surface area contributed by atoms with Crippen LogP contribution in [0.1, 0.15) is 28.9 Å². The first-order valence-corrected chi connectivity index (χ1v) is 12.0. The van der Waals surface area contributed by atoms with E-state index in [-0.39, 0.29) is 18.3 Å². The summed E-state index contributed by atoms with van der Waals surface area (Å²) >= 11 is 6.88. The van der Waals surface area contributed by atoms with Crippen molar-refractivity contribution >= 4 is 66.2 Å². The van der Waals surface area contributed by atoms with Gasteiger partial charge in [-0.25, -0.2) is 4.68 Å². The van der Waals surface area contributed by atoms with Crippen molar-refractivity contribution in [1.29, 1.82) is 0 Å². The minimum Gasteiger partial charge on any atom is -0.376 e. The summed E-state index contributed by atoms with van der Waals surface area (Å²) in [6.07, 6.45) is 1.70. The molecule has 1 atom stereocenters. The zero-order chi connectivity index (χ0) is 23.5. The number of aromatic nitrogens is 1. The molecule has 1 fully saturated rings. The van der Waals surface area contributed by atoms with Gasteiger partial charge >= 0.3 is 11.8 Å². The molecule has 172 valence electrons. The van der Waals surface area contributed by atoms with Gasteiger partial charge in [-0.05, 0) is 77.7 Å². The Kier molecular flexibility index (Phi) is 7.16. The van der Waals surface area contributed by atoms with Gasteiger partial charge < -0.3 is 15.4 Å². The Morgan fingerprint density at radius 2 is 1.91 bits per heavy atom. The fourth-order valence-corrected chi connectivity index (χ4v) is 4.60. The van der Waals surface area contributed by atoms with Crippen molar-refractivity contribution < 1.29 is 19.1 Å². The largest absolute Gasteiger partial charge is 0.376 e. The Labute approximate surface area is 207 Å². The predicted molar refractivity (Wildman–Crippen MR) is 133 cm³/mol. The maximum Gasteiger partial charge on any atom is 0.328 e. The van der Waals surface area contributed by atoms with Gasteiger partial charge in [-0.2, -0.15) is 0 Å². The van der Waals surface area contributed by atoms with E-state index in [0.29, 0.717) is 17.8 Å². The zero-order valence-electron chi connectivity index (χ0n) is 17.8. The maximum atomic E-state index is 13.1. The van der Waals surface area contributed by atoms with E-state index in [2.05, 4.69) is 47.9 Å². The molecule has 0 unspecified atom stereocenters. The van der Waals surface area contributed by atoms with E-state index in [4.69, 9.17) is 4.74 Å². The average molecular weight is 578 g/mol. The van der Waals surface area contributed by atoms with Crippen LogP contribution in [0.25, 0.3) is 10.9 Å². The smallest absolute Gasteiger partial charge is 0.328 e. The Hall–Kier alpha value is -2.69. The number of halogens is 2. The SMILES string of the molecule is Cc1ccc(NC(=O)c2cc3cc(Br)ccc3n2NC(=O)C(=O)NC[C@@H]2CCCO2)c(Br)c1. The molecule has 33 heavy (non-hydrogen) atoms. The molecular formula is C23H22Br2N4O4. The molecule has 8 nitrogen and oxygen atoms in total. The second kappa shape index (κ2) is 10.1. The normalized spacial score (nSPS) is 15.4. The lowest BCUT2D eigenvalue weighted by Crippen LogP contribution is -2.42. The number of anilines is 1. The van der Waals surface area contributed by atoms with Gasteiger partial charge in [-0.15, -0.1) is 0 Å². The molecular weight excluding hydrogens is 556 g/mol. The van der Waals surface area contributed by atoms with Crippen LogP contribution < -0.4 is 16.1 Å². The van der Waals surface area contributed by atoms with Gasteiger partial charge in [0.2, 0.25) is 0 Å². The van der Waals surface area contributed by atoms with E-state index in [1.165, 1.54) is 4.68 Å². The van der Waals surface area contributed by atoms with Crippen molar-refractivity contribution in [2.24, 2.45) is 0 Å². The fourth-order valence-electron chi connectivity index (χ4n) is 3.63. The van der Waals surface area contributed by atoms with Crippen LogP contribution in [0.2, 0.25) is 0 Å². The van der Waals surface area contributed by atoms with Crippen LogP contribution in [0.4, 0.5) is 5.69 Å². The van der Waals surface area contributed by atoms with Crippen molar-refractivity contribution in [3.8, 4) is 0 Å². The lowest BCUT2D eigenvalue weighted by atomic mass is 10.2.